The molecule has 1 fully saturated rings. The molecule has 2 N–H and O–H groups in total. The molecule has 1 aliphatic carbocycles. The number of Topliss-reactive ketones (excluding diaryl/α,β-unsaturated/α-hetero) is 1. The van der Waals surface area contributed by atoms with E-state index in [4.69, 9.17) is 5.73 Å². The van der Waals surface area contributed by atoms with Crippen molar-refractivity contribution >= 4 is 5.78 Å². The van der Waals surface area contributed by atoms with Crippen molar-refractivity contribution in [3.05, 3.63) is 0 Å². The summed E-state index contributed by atoms with van der Waals surface area (Å²) in [6.45, 7) is 6.45. The molecule has 0 spiro atoms. The van der Waals surface area contributed by atoms with E-state index < -0.39 is 0 Å². The minimum absolute atomic E-state index is 0.228. The highest BCUT2D eigenvalue weighted by molar-refractivity contribution is 5.86. The van der Waals surface area contributed by atoms with Gasteiger partial charge in [0.15, 0.2) is 5.78 Å². The third-order valence-corrected chi connectivity index (χ3v) is 4.00. The Labute approximate surface area is 93.6 Å². The first-order valence-electron chi connectivity index (χ1n) is 6.35. The van der Waals surface area contributed by atoms with Crippen LogP contribution in [0, 0.1) is 17.8 Å². The highest BCUT2D eigenvalue weighted by Gasteiger charge is 2.29. The second-order valence-electron chi connectivity index (χ2n) is 5.27. The van der Waals surface area contributed by atoms with Crippen molar-refractivity contribution < 1.29 is 4.79 Å². The summed E-state index contributed by atoms with van der Waals surface area (Å²) >= 11 is 0. The van der Waals surface area contributed by atoms with Gasteiger partial charge in [-0.25, -0.2) is 0 Å². The number of ketones is 1. The van der Waals surface area contributed by atoms with Crippen LogP contribution in [-0.4, -0.2) is 11.8 Å². The van der Waals surface area contributed by atoms with Gasteiger partial charge in [-0.2, -0.15) is 0 Å². The molecule has 0 saturated heterocycles. The molecular weight excluding hydrogens is 186 g/mol. The first-order chi connectivity index (χ1) is 7.06. The van der Waals surface area contributed by atoms with Gasteiger partial charge in [-0.1, -0.05) is 40.0 Å². The quantitative estimate of drug-likeness (QED) is 0.777. The molecule has 0 radical (unpaired) electrons. The maximum atomic E-state index is 12.1. The van der Waals surface area contributed by atoms with Gasteiger partial charge in [-0.3, -0.25) is 4.79 Å². The van der Waals surface area contributed by atoms with Gasteiger partial charge >= 0.3 is 0 Å². The smallest absolute Gasteiger partial charge is 0.152 e. The summed E-state index contributed by atoms with van der Waals surface area (Å²) in [6, 6.07) is -0.228. The summed E-state index contributed by atoms with van der Waals surface area (Å²) in [4.78, 5) is 12.1. The summed E-state index contributed by atoms with van der Waals surface area (Å²) in [5.74, 6) is 1.70. The number of carbonyl (C=O) groups excluding carboxylic acids is 1. The molecule has 0 aromatic rings. The lowest BCUT2D eigenvalue weighted by Crippen LogP contribution is -2.41. The molecule has 0 heterocycles. The van der Waals surface area contributed by atoms with Crippen LogP contribution in [0.4, 0.5) is 0 Å². The molecule has 1 rings (SSSR count). The van der Waals surface area contributed by atoms with Gasteiger partial charge in [-0.05, 0) is 24.7 Å². The summed E-state index contributed by atoms with van der Waals surface area (Å²) in [5.41, 5.74) is 5.99. The average molecular weight is 211 g/mol. The molecule has 15 heavy (non-hydrogen) atoms. The van der Waals surface area contributed by atoms with E-state index in [1.165, 1.54) is 12.8 Å². The SMILES string of the molecule is CCC(C)C(N)C(=O)C1CCC(C)CC1. The maximum absolute atomic E-state index is 12.1. The number of rotatable bonds is 4. The molecule has 2 heteroatoms. The zero-order valence-corrected chi connectivity index (χ0v) is 10.3. The molecule has 2 nitrogen and oxygen atoms in total. The summed E-state index contributed by atoms with van der Waals surface area (Å²) in [7, 11) is 0. The predicted octanol–water partition coefficient (Wildman–Crippen LogP) is 2.76. The van der Waals surface area contributed by atoms with Crippen molar-refractivity contribution in [1.29, 1.82) is 0 Å². The Hall–Kier alpha value is -0.370. The molecule has 0 amide bonds. The van der Waals surface area contributed by atoms with Crippen LogP contribution in [-0.2, 0) is 4.79 Å². The number of hydrogen-bond acceptors (Lipinski definition) is 2. The van der Waals surface area contributed by atoms with Gasteiger partial charge in [0.25, 0.3) is 0 Å². The predicted molar refractivity (Wildman–Crippen MR) is 63.6 cm³/mol. The monoisotopic (exact) mass is 211 g/mol. The second-order valence-corrected chi connectivity index (χ2v) is 5.27. The summed E-state index contributed by atoms with van der Waals surface area (Å²) in [6.07, 6.45) is 5.51. The fourth-order valence-corrected chi connectivity index (χ4v) is 2.35. The van der Waals surface area contributed by atoms with E-state index in [-0.39, 0.29) is 12.0 Å². The zero-order valence-electron chi connectivity index (χ0n) is 10.3. The van der Waals surface area contributed by atoms with Crippen LogP contribution in [0.5, 0.6) is 0 Å². The Bertz CT molecular complexity index is 207. The molecule has 0 bridgehead atoms. The number of nitrogens with two attached hydrogens (primary N) is 1. The first kappa shape index (κ1) is 12.7. The van der Waals surface area contributed by atoms with E-state index in [0.717, 1.165) is 25.2 Å². The Balaban J connectivity index is 2.46. The van der Waals surface area contributed by atoms with Crippen LogP contribution in [0.25, 0.3) is 0 Å². The molecule has 0 aromatic carbocycles. The topological polar surface area (TPSA) is 43.1 Å². The van der Waals surface area contributed by atoms with E-state index >= 15 is 0 Å². The Kier molecular flexibility index (Phi) is 4.78. The van der Waals surface area contributed by atoms with E-state index in [1.807, 2.05) is 0 Å². The van der Waals surface area contributed by atoms with Crippen molar-refractivity contribution in [2.45, 2.75) is 58.9 Å². The summed E-state index contributed by atoms with van der Waals surface area (Å²) < 4.78 is 0. The van der Waals surface area contributed by atoms with Crippen LogP contribution < -0.4 is 5.73 Å². The molecule has 0 aliphatic heterocycles. The van der Waals surface area contributed by atoms with Crippen molar-refractivity contribution in [2.24, 2.45) is 23.5 Å². The zero-order chi connectivity index (χ0) is 11.4. The third kappa shape index (κ3) is 3.30. The second kappa shape index (κ2) is 5.64. The molecule has 0 aromatic heterocycles. The highest BCUT2D eigenvalue weighted by atomic mass is 16.1. The largest absolute Gasteiger partial charge is 0.321 e. The Morgan fingerprint density at radius 3 is 2.33 bits per heavy atom. The molecule has 2 atom stereocenters. The lowest BCUT2D eigenvalue weighted by Gasteiger charge is -2.28. The van der Waals surface area contributed by atoms with Crippen LogP contribution in [0.1, 0.15) is 52.9 Å². The van der Waals surface area contributed by atoms with Gasteiger partial charge in [0, 0.05) is 5.92 Å². The van der Waals surface area contributed by atoms with Crippen molar-refractivity contribution in [3.8, 4) is 0 Å². The van der Waals surface area contributed by atoms with Gasteiger partial charge in [0.2, 0.25) is 0 Å². The van der Waals surface area contributed by atoms with Crippen molar-refractivity contribution in [3.63, 3.8) is 0 Å². The van der Waals surface area contributed by atoms with Crippen LogP contribution in [0.2, 0.25) is 0 Å². The van der Waals surface area contributed by atoms with Crippen molar-refractivity contribution in [1.82, 2.24) is 0 Å². The van der Waals surface area contributed by atoms with Crippen LogP contribution in [0.15, 0.2) is 0 Å². The maximum Gasteiger partial charge on any atom is 0.152 e. The van der Waals surface area contributed by atoms with Gasteiger partial charge in [-0.15, -0.1) is 0 Å². The highest BCUT2D eigenvalue weighted by Crippen LogP contribution is 2.30. The van der Waals surface area contributed by atoms with Gasteiger partial charge in [0.1, 0.15) is 0 Å². The number of carbonyl (C=O) groups is 1. The lowest BCUT2D eigenvalue weighted by molar-refractivity contribution is -0.126. The average Bonchev–Trinajstić information content (AvgIpc) is 2.27. The Morgan fingerprint density at radius 1 is 1.33 bits per heavy atom. The minimum Gasteiger partial charge on any atom is -0.321 e. The fraction of sp³-hybridized carbons (Fsp3) is 0.923. The number of hydrogen-bond donors (Lipinski definition) is 1. The molecular formula is C13H25NO. The summed E-state index contributed by atoms with van der Waals surface area (Å²) in [5, 5.41) is 0. The van der Waals surface area contributed by atoms with E-state index in [2.05, 4.69) is 20.8 Å². The van der Waals surface area contributed by atoms with E-state index in [0.29, 0.717) is 11.7 Å². The van der Waals surface area contributed by atoms with E-state index in [9.17, 15) is 4.79 Å². The normalized spacial score (nSPS) is 30.9. The molecule has 1 saturated carbocycles. The van der Waals surface area contributed by atoms with E-state index in [1.54, 1.807) is 0 Å². The lowest BCUT2D eigenvalue weighted by atomic mass is 9.77. The third-order valence-electron chi connectivity index (χ3n) is 4.00. The Morgan fingerprint density at radius 2 is 1.87 bits per heavy atom. The van der Waals surface area contributed by atoms with Crippen molar-refractivity contribution in [2.75, 3.05) is 0 Å². The molecule has 88 valence electrons. The minimum atomic E-state index is -0.228. The standard InChI is InChI=1S/C13H25NO/c1-4-10(3)12(14)13(15)11-7-5-9(2)6-8-11/h9-12H,4-8,14H2,1-3H3. The van der Waals surface area contributed by atoms with Gasteiger partial charge in [0.05, 0.1) is 6.04 Å². The first-order valence-corrected chi connectivity index (χ1v) is 6.35. The molecule has 1 aliphatic rings. The molecule has 2 unspecified atom stereocenters. The fourth-order valence-electron chi connectivity index (χ4n) is 2.35. The van der Waals surface area contributed by atoms with Gasteiger partial charge < -0.3 is 5.73 Å². The van der Waals surface area contributed by atoms with Crippen LogP contribution in [0.3, 0.4) is 0 Å². The van der Waals surface area contributed by atoms with Crippen LogP contribution >= 0.6 is 0 Å².